The Balaban J connectivity index is 1.80. The number of carbonyl (C=O) groups excluding carboxylic acids is 1. The van der Waals surface area contributed by atoms with E-state index in [1.165, 1.54) is 12.1 Å². The van der Waals surface area contributed by atoms with Crippen molar-refractivity contribution in [1.82, 2.24) is 0 Å². The first-order valence-electron chi connectivity index (χ1n) is 11.7. The van der Waals surface area contributed by atoms with E-state index in [1.807, 2.05) is 0 Å². The lowest BCUT2D eigenvalue weighted by Crippen LogP contribution is -2.13. The number of rotatable bonds is 8. The first-order chi connectivity index (χ1) is 18.5. The lowest BCUT2D eigenvalue weighted by atomic mass is 10.0. The number of aryl methyl sites for hydroxylation is 1. The number of nitrogens with zero attached hydrogens (tertiary/aromatic N) is 2. The van der Waals surface area contributed by atoms with Crippen LogP contribution in [0.3, 0.4) is 0 Å². The maximum atomic E-state index is 13.3. The SMILES string of the molecule is CCOc1c(Cl)cccc1NC(=O)c1cc2ccccc2c(N=Nc2cc(CC)c(S(=O)(=O)O)cc2Cl)c1O. The van der Waals surface area contributed by atoms with E-state index in [2.05, 4.69) is 15.5 Å². The molecule has 0 unspecified atom stereocenters. The van der Waals surface area contributed by atoms with Crippen LogP contribution < -0.4 is 10.1 Å². The van der Waals surface area contributed by atoms with Crippen LogP contribution in [0.1, 0.15) is 29.8 Å². The summed E-state index contributed by atoms with van der Waals surface area (Å²) in [7, 11) is -4.50. The Morgan fingerprint density at radius 1 is 1.00 bits per heavy atom. The zero-order valence-electron chi connectivity index (χ0n) is 20.8. The summed E-state index contributed by atoms with van der Waals surface area (Å²) in [6, 6.07) is 15.9. The standard InChI is InChI=1S/C27H23Cl2N3O6S/c1-3-15-13-22(20(29)14-23(15)39(35,36)37)31-32-24-17-9-6-5-8-16(17)12-18(25(24)33)27(34)30-21-11-7-10-19(28)26(21)38-4-2/h5-14,33H,3-4H2,1-2H3,(H,30,34)(H,35,36,37). The van der Waals surface area contributed by atoms with E-state index >= 15 is 0 Å². The van der Waals surface area contributed by atoms with Gasteiger partial charge in [-0.05, 0) is 54.6 Å². The summed E-state index contributed by atoms with van der Waals surface area (Å²) < 4.78 is 38.5. The van der Waals surface area contributed by atoms with E-state index < -0.39 is 21.8 Å². The molecular formula is C27H23Cl2N3O6S. The van der Waals surface area contributed by atoms with E-state index in [4.69, 9.17) is 27.9 Å². The quantitative estimate of drug-likeness (QED) is 0.142. The molecule has 0 saturated heterocycles. The monoisotopic (exact) mass is 587 g/mol. The maximum Gasteiger partial charge on any atom is 0.294 e. The third-order valence-corrected chi connectivity index (χ3v) is 7.33. The van der Waals surface area contributed by atoms with Gasteiger partial charge >= 0.3 is 0 Å². The number of nitrogens with one attached hydrogen (secondary N) is 1. The molecule has 0 heterocycles. The van der Waals surface area contributed by atoms with Gasteiger partial charge in [-0.1, -0.05) is 60.5 Å². The molecule has 0 aliphatic carbocycles. The molecule has 9 nitrogen and oxygen atoms in total. The van der Waals surface area contributed by atoms with Gasteiger partial charge in [0.15, 0.2) is 11.5 Å². The van der Waals surface area contributed by atoms with Crippen molar-refractivity contribution in [3.63, 3.8) is 0 Å². The Bertz CT molecular complexity index is 1720. The summed E-state index contributed by atoms with van der Waals surface area (Å²) in [4.78, 5) is 13.0. The summed E-state index contributed by atoms with van der Waals surface area (Å²) in [5.74, 6) is -0.775. The fraction of sp³-hybridized carbons (Fsp3) is 0.148. The topological polar surface area (TPSA) is 138 Å². The van der Waals surface area contributed by atoms with Crippen LogP contribution in [0.15, 0.2) is 75.8 Å². The minimum Gasteiger partial charge on any atom is -0.505 e. The van der Waals surface area contributed by atoms with Crippen LogP contribution in [0.4, 0.5) is 17.1 Å². The van der Waals surface area contributed by atoms with E-state index in [-0.39, 0.29) is 38.8 Å². The number of benzene rings is 4. The Morgan fingerprint density at radius 3 is 2.44 bits per heavy atom. The first-order valence-corrected chi connectivity index (χ1v) is 13.9. The van der Waals surface area contributed by atoms with E-state index in [0.717, 1.165) is 6.07 Å². The number of aromatic hydroxyl groups is 1. The van der Waals surface area contributed by atoms with Crippen LogP contribution in [0.5, 0.6) is 11.5 Å². The number of fused-ring (bicyclic) bond motifs is 1. The second-order valence-corrected chi connectivity index (χ2v) is 10.5. The number of hydrogen-bond acceptors (Lipinski definition) is 7. The molecule has 0 aromatic heterocycles. The van der Waals surface area contributed by atoms with Gasteiger partial charge in [0, 0.05) is 5.39 Å². The molecule has 1 amide bonds. The molecule has 0 aliphatic heterocycles. The predicted octanol–water partition coefficient (Wildman–Crippen LogP) is 7.73. The van der Waals surface area contributed by atoms with Crippen molar-refractivity contribution in [3.05, 3.63) is 81.8 Å². The zero-order chi connectivity index (χ0) is 28.3. The molecule has 202 valence electrons. The molecular weight excluding hydrogens is 565 g/mol. The van der Waals surface area contributed by atoms with Gasteiger partial charge in [-0.3, -0.25) is 9.35 Å². The molecule has 0 atom stereocenters. The molecule has 0 saturated carbocycles. The Hall–Kier alpha value is -3.70. The maximum absolute atomic E-state index is 13.3. The second kappa shape index (κ2) is 11.6. The molecule has 4 rings (SSSR count). The summed E-state index contributed by atoms with van der Waals surface area (Å²) in [5, 5.41) is 23.6. The fourth-order valence-electron chi connectivity index (χ4n) is 3.96. The number of hydrogen-bond donors (Lipinski definition) is 3. The fourth-order valence-corrected chi connectivity index (χ4v) is 5.26. The Labute approximate surface area is 234 Å². The molecule has 0 spiro atoms. The average molecular weight is 588 g/mol. The van der Waals surface area contributed by atoms with Crippen molar-refractivity contribution >= 4 is 67.1 Å². The van der Waals surface area contributed by atoms with Crippen molar-refractivity contribution in [2.75, 3.05) is 11.9 Å². The lowest BCUT2D eigenvalue weighted by Gasteiger charge is -2.14. The number of phenols is 1. The van der Waals surface area contributed by atoms with E-state index in [1.54, 1.807) is 56.3 Å². The van der Waals surface area contributed by atoms with Crippen molar-refractivity contribution < 1.29 is 27.6 Å². The highest BCUT2D eigenvalue weighted by atomic mass is 35.5. The van der Waals surface area contributed by atoms with Crippen molar-refractivity contribution in [2.45, 2.75) is 25.2 Å². The minimum absolute atomic E-state index is 0.00217. The van der Waals surface area contributed by atoms with Gasteiger partial charge in [0.25, 0.3) is 16.0 Å². The van der Waals surface area contributed by atoms with Gasteiger partial charge in [-0.2, -0.15) is 8.42 Å². The number of phenolic OH excluding ortho intramolecular Hbond substituents is 1. The smallest absolute Gasteiger partial charge is 0.294 e. The number of azo groups is 1. The molecule has 4 aromatic rings. The molecule has 0 aliphatic rings. The largest absolute Gasteiger partial charge is 0.505 e. The van der Waals surface area contributed by atoms with Crippen molar-refractivity contribution in [2.24, 2.45) is 10.2 Å². The number of para-hydroxylation sites is 1. The third-order valence-electron chi connectivity index (χ3n) is 5.79. The number of ether oxygens (including phenoxy) is 1. The highest BCUT2D eigenvalue weighted by molar-refractivity contribution is 7.85. The third kappa shape index (κ3) is 5.99. The van der Waals surface area contributed by atoms with Gasteiger partial charge < -0.3 is 15.2 Å². The molecule has 12 heteroatoms. The van der Waals surface area contributed by atoms with Crippen LogP contribution in [0.2, 0.25) is 10.0 Å². The molecule has 0 radical (unpaired) electrons. The normalized spacial score (nSPS) is 11.7. The van der Waals surface area contributed by atoms with E-state index in [9.17, 15) is 22.9 Å². The zero-order valence-corrected chi connectivity index (χ0v) is 23.1. The van der Waals surface area contributed by atoms with Gasteiger partial charge in [-0.15, -0.1) is 10.2 Å². The Kier molecular flexibility index (Phi) is 8.41. The highest BCUT2D eigenvalue weighted by Gasteiger charge is 2.21. The Morgan fingerprint density at radius 2 is 1.74 bits per heavy atom. The summed E-state index contributed by atoms with van der Waals surface area (Å²) >= 11 is 12.5. The second-order valence-electron chi connectivity index (χ2n) is 8.29. The summed E-state index contributed by atoms with van der Waals surface area (Å²) in [6.07, 6.45) is 0.270. The molecule has 4 aromatic carbocycles. The van der Waals surface area contributed by atoms with Gasteiger partial charge in [0.2, 0.25) is 0 Å². The number of amides is 1. The average Bonchev–Trinajstić information content (AvgIpc) is 2.89. The number of carbonyl (C=O) groups is 1. The van der Waals surface area contributed by atoms with Crippen molar-refractivity contribution in [1.29, 1.82) is 0 Å². The number of anilines is 1. The van der Waals surface area contributed by atoms with Crippen LogP contribution in [-0.2, 0) is 16.5 Å². The summed E-state index contributed by atoms with van der Waals surface area (Å²) in [5.41, 5.74) is 0.640. The van der Waals surface area contributed by atoms with Gasteiger partial charge in [-0.25, -0.2) is 0 Å². The van der Waals surface area contributed by atoms with Crippen LogP contribution in [-0.4, -0.2) is 30.6 Å². The number of halogens is 2. The van der Waals surface area contributed by atoms with Crippen molar-refractivity contribution in [3.8, 4) is 11.5 Å². The van der Waals surface area contributed by atoms with Crippen LogP contribution in [0, 0.1) is 0 Å². The van der Waals surface area contributed by atoms with Gasteiger partial charge in [0.05, 0.1) is 32.8 Å². The molecule has 0 bridgehead atoms. The summed E-state index contributed by atoms with van der Waals surface area (Å²) in [6.45, 7) is 3.82. The van der Waals surface area contributed by atoms with Crippen LogP contribution >= 0.6 is 23.2 Å². The van der Waals surface area contributed by atoms with Crippen LogP contribution in [0.25, 0.3) is 10.8 Å². The van der Waals surface area contributed by atoms with E-state index in [0.29, 0.717) is 33.8 Å². The lowest BCUT2D eigenvalue weighted by molar-refractivity contribution is 0.102. The minimum atomic E-state index is -4.50. The first kappa shape index (κ1) is 28.3. The molecule has 39 heavy (non-hydrogen) atoms. The molecule has 0 fully saturated rings. The molecule has 3 N–H and O–H groups in total. The van der Waals surface area contributed by atoms with Gasteiger partial charge in [0.1, 0.15) is 11.4 Å². The predicted molar refractivity (Wildman–Crippen MR) is 151 cm³/mol. The highest BCUT2D eigenvalue weighted by Crippen LogP contribution is 2.41.